The van der Waals surface area contributed by atoms with E-state index < -0.39 is 0 Å². The molecule has 1 aromatic carbocycles. The van der Waals surface area contributed by atoms with Crippen LogP contribution in [0.2, 0.25) is 0 Å². The van der Waals surface area contributed by atoms with E-state index in [0.29, 0.717) is 17.5 Å². The van der Waals surface area contributed by atoms with Gasteiger partial charge in [-0.05, 0) is 37.5 Å². The molecule has 1 unspecified atom stereocenters. The fourth-order valence-corrected chi connectivity index (χ4v) is 4.04. The van der Waals surface area contributed by atoms with Gasteiger partial charge < -0.3 is 20.3 Å². The van der Waals surface area contributed by atoms with Gasteiger partial charge in [0.15, 0.2) is 5.96 Å². The van der Waals surface area contributed by atoms with Gasteiger partial charge in [-0.2, -0.15) is 0 Å². The molecule has 26 heavy (non-hydrogen) atoms. The van der Waals surface area contributed by atoms with Crippen LogP contribution < -0.4 is 10.6 Å². The zero-order chi connectivity index (χ0) is 18.4. The lowest BCUT2D eigenvalue weighted by molar-refractivity contribution is 0.0953. The van der Waals surface area contributed by atoms with Gasteiger partial charge >= 0.3 is 0 Å². The number of hydrogen-bond acceptors (Lipinski definition) is 3. The van der Waals surface area contributed by atoms with Crippen molar-refractivity contribution in [3.8, 4) is 0 Å². The van der Waals surface area contributed by atoms with Crippen LogP contribution in [0, 0.1) is 5.41 Å². The van der Waals surface area contributed by atoms with E-state index in [0.717, 1.165) is 56.1 Å². The summed E-state index contributed by atoms with van der Waals surface area (Å²) in [6.07, 6.45) is 3.18. The maximum atomic E-state index is 12.1. The Morgan fingerprint density at radius 1 is 1.35 bits per heavy atom. The molecule has 0 radical (unpaired) electrons. The Morgan fingerprint density at radius 2 is 2.19 bits per heavy atom. The minimum atomic E-state index is -0.0431. The van der Waals surface area contributed by atoms with Crippen molar-refractivity contribution in [1.29, 1.82) is 0 Å². The third-order valence-electron chi connectivity index (χ3n) is 5.14. The van der Waals surface area contributed by atoms with Gasteiger partial charge in [-0.15, -0.1) is 0 Å². The van der Waals surface area contributed by atoms with E-state index in [-0.39, 0.29) is 5.91 Å². The minimum Gasteiger partial charge on any atom is -0.381 e. The van der Waals surface area contributed by atoms with Crippen LogP contribution in [0.5, 0.6) is 0 Å². The summed E-state index contributed by atoms with van der Waals surface area (Å²) >= 11 is 3.39. The van der Waals surface area contributed by atoms with E-state index >= 15 is 0 Å². The Bertz CT molecular complexity index is 659. The Morgan fingerprint density at radius 3 is 2.92 bits per heavy atom. The van der Waals surface area contributed by atoms with Gasteiger partial charge in [-0.1, -0.05) is 22.0 Å². The minimum absolute atomic E-state index is 0.0431. The van der Waals surface area contributed by atoms with Crippen LogP contribution in [-0.2, 0) is 4.74 Å². The highest BCUT2D eigenvalue weighted by molar-refractivity contribution is 9.10. The van der Waals surface area contributed by atoms with Crippen LogP contribution in [0.25, 0.3) is 0 Å². The molecule has 1 atom stereocenters. The summed E-state index contributed by atoms with van der Waals surface area (Å²) in [5.74, 6) is 0.908. The SMILES string of the molecule is CN=C(NCCCNC(=O)c1cccc(Br)c1)N1CCC2(CCOC2)C1. The maximum Gasteiger partial charge on any atom is 0.251 e. The van der Waals surface area contributed by atoms with E-state index in [2.05, 4.69) is 36.5 Å². The molecule has 0 bridgehead atoms. The number of amides is 1. The Kier molecular flexibility index (Phi) is 6.53. The first kappa shape index (κ1) is 19.2. The van der Waals surface area contributed by atoms with E-state index in [1.54, 1.807) is 0 Å². The van der Waals surface area contributed by atoms with Crippen LogP contribution in [0.3, 0.4) is 0 Å². The lowest BCUT2D eigenvalue weighted by Crippen LogP contribution is -2.42. The number of ether oxygens (including phenoxy) is 1. The average molecular weight is 423 g/mol. The van der Waals surface area contributed by atoms with Gasteiger partial charge in [-0.3, -0.25) is 9.79 Å². The van der Waals surface area contributed by atoms with Crippen molar-refractivity contribution in [2.45, 2.75) is 19.3 Å². The molecule has 2 aliphatic heterocycles. The predicted molar refractivity (Wildman–Crippen MR) is 107 cm³/mol. The summed E-state index contributed by atoms with van der Waals surface area (Å²) in [6.45, 7) is 5.23. The number of rotatable bonds is 5. The van der Waals surface area contributed by atoms with E-state index in [1.165, 1.54) is 6.42 Å². The van der Waals surface area contributed by atoms with Gasteiger partial charge in [0.25, 0.3) is 5.91 Å². The monoisotopic (exact) mass is 422 g/mol. The molecule has 1 aromatic rings. The predicted octanol–water partition coefficient (Wildman–Crippen LogP) is 2.26. The third kappa shape index (κ3) is 4.76. The van der Waals surface area contributed by atoms with Crippen molar-refractivity contribution in [2.24, 2.45) is 10.4 Å². The number of hydrogen-bond donors (Lipinski definition) is 2. The molecule has 0 saturated carbocycles. The number of nitrogens with zero attached hydrogens (tertiary/aromatic N) is 2. The van der Waals surface area contributed by atoms with Crippen LogP contribution in [0.4, 0.5) is 0 Å². The quantitative estimate of drug-likeness (QED) is 0.433. The Labute approximate surface area is 163 Å². The summed E-state index contributed by atoms with van der Waals surface area (Å²) in [4.78, 5) is 18.8. The van der Waals surface area contributed by atoms with Crippen LogP contribution in [0.1, 0.15) is 29.6 Å². The highest BCUT2D eigenvalue weighted by Gasteiger charge is 2.42. The summed E-state index contributed by atoms with van der Waals surface area (Å²) < 4.78 is 6.50. The normalized spacial score (nSPS) is 22.8. The second-order valence-electron chi connectivity index (χ2n) is 7.07. The Hall–Kier alpha value is -1.60. The van der Waals surface area contributed by atoms with E-state index in [4.69, 9.17) is 4.74 Å². The molecule has 6 nitrogen and oxygen atoms in total. The molecule has 2 saturated heterocycles. The molecule has 3 rings (SSSR count). The number of nitrogens with one attached hydrogen (secondary N) is 2. The molecular formula is C19H27BrN4O2. The van der Waals surface area contributed by atoms with Crippen molar-refractivity contribution in [2.75, 3.05) is 46.4 Å². The highest BCUT2D eigenvalue weighted by Crippen LogP contribution is 2.38. The summed E-state index contributed by atoms with van der Waals surface area (Å²) in [7, 11) is 1.83. The third-order valence-corrected chi connectivity index (χ3v) is 5.64. The summed E-state index contributed by atoms with van der Waals surface area (Å²) in [6, 6.07) is 7.41. The highest BCUT2D eigenvalue weighted by atomic mass is 79.9. The van der Waals surface area contributed by atoms with Crippen LogP contribution in [-0.4, -0.2) is 63.2 Å². The van der Waals surface area contributed by atoms with Gasteiger partial charge in [0.05, 0.1) is 6.61 Å². The summed E-state index contributed by atoms with van der Waals surface area (Å²) in [5, 5.41) is 6.37. The maximum absolute atomic E-state index is 12.1. The van der Waals surface area contributed by atoms with Crippen LogP contribution in [0.15, 0.2) is 33.7 Å². The molecule has 2 heterocycles. The second kappa shape index (κ2) is 8.86. The largest absolute Gasteiger partial charge is 0.381 e. The number of halogens is 1. The molecule has 7 heteroatoms. The fraction of sp³-hybridized carbons (Fsp3) is 0.579. The first-order valence-corrected chi connectivity index (χ1v) is 9.98. The first-order valence-electron chi connectivity index (χ1n) is 9.19. The molecule has 1 amide bonds. The topological polar surface area (TPSA) is 66.0 Å². The zero-order valence-corrected chi connectivity index (χ0v) is 16.8. The number of aliphatic imine (C=N–C) groups is 1. The summed E-state index contributed by atoms with van der Waals surface area (Å²) in [5.41, 5.74) is 1.000. The molecule has 142 valence electrons. The number of carbonyl (C=O) groups excluding carboxylic acids is 1. The molecule has 2 fully saturated rings. The van der Waals surface area contributed by atoms with Gasteiger partial charge in [0, 0.05) is 55.3 Å². The molecule has 2 N–H and O–H groups in total. The molecule has 1 spiro atoms. The Balaban J connectivity index is 1.37. The number of carbonyl (C=O) groups is 1. The van der Waals surface area contributed by atoms with Crippen molar-refractivity contribution in [3.05, 3.63) is 34.3 Å². The van der Waals surface area contributed by atoms with Gasteiger partial charge in [0.2, 0.25) is 0 Å². The smallest absolute Gasteiger partial charge is 0.251 e. The van der Waals surface area contributed by atoms with Crippen LogP contribution >= 0.6 is 15.9 Å². The lowest BCUT2D eigenvalue weighted by Gasteiger charge is -2.25. The fourth-order valence-electron chi connectivity index (χ4n) is 3.64. The standard InChI is InChI=1S/C19H27BrN4O2/c1-21-18(24-10-6-19(13-24)7-11-26-14-19)23-9-3-8-22-17(25)15-4-2-5-16(20)12-15/h2,4-5,12H,3,6-11,13-14H2,1H3,(H,21,23)(H,22,25). The second-order valence-corrected chi connectivity index (χ2v) is 7.98. The van der Waals surface area contributed by atoms with Crippen molar-refractivity contribution >= 4 is 27.8 Å². The zero-order valence-electron chi connectivity index (χ0n) is 15.3. The molecule has 0 aromatic heterocycles. The number of benzene rings is 1. The van der Waals surface area contributed by atoms with Crippen molar-refractivity contribution in [3.63, 3.8) is 0 Å². The number of likely N-dealkylation sites (tertiary alicyclic amines) is 1. The average Bonchev–Trinajstić information content (AvgIpc) is 3.28. The molecular weight excluding hydrogens is 396 g/mol. The first-order chi connectivity index (χ1) is 12.6. The molecule has 2 aliphatic rings. The van der Waals surface area contributed by atoms with E-state index in [9.17, 15) is 4.79 Å². The van der Waals surface area contributed by atoms with Gasteiger partial charge in [0.1, 0.15) is 0 Å². The molecule has 0 aliphatic carbocycles. The number of guanidine groups is 1. The van der Waals surface area contributed by atoms with Gasteiger partial charge in [-0.25, -0.2) is 0 Å². The van der Waals surface area contributed by atoms with Crippen molar-refractivity contribution < 1.29 is 9.53 Å². The van der Waals surface area contributed by atoms with Crippen molar-refractivity contribution in [1.82, 2.24) is 15.5 Å². The lowest BCUT2D eigenvalue weighted by atomic mass is 9.87. The van der Waals surface area contributed by atoms with E-state index in [1.807, 2.05) is 31.3 Å².